The van der Waals surface area contributed by atoms with Crippen LogP contribution in [0.3, 0.4) is 0 Å². The van der Waals surface area contributed by atoms with Gasteiger partial charge in [0.05, 0.1) is 24.3 Å². The summed E-state index contributed by atoms with van der Waals surface area (Å²) in [7, 11) is 0. The molecule has 0 aromatic heterocycles. The summed E-state index contributed by atoms with van der Waals surface area (Å²) in [5.41, 5.74) is 2.97. The topological polar surface area (TPSA) is 119 Å². The summed E-state index contributed by atoms with van der Waals surface area (Å²) < 4.78 is 5.41. The number of rotatable bonds is 10. The lowest BCUT2D eigenvalue weighted by atomic mass is 9.97. The van der Waals surface area contributed by atoms with Crippen LogP contribution >= 0.6 is 0 Å². The third-order valence-corrected chi connectivity index (χ3v) is 7.23. The molecule has 1 aliphatic carbocycles. The van der Waals surface area contributed by atoms with Crippen LogP contribution in [-0.4, -0.2) is 56.1 Å². The first-order valence-corrected chi connectivity index (χ1v) is 14.0. The Hall–Kier alpha value is -3.88. The van der Waals surface area contributed by atoms with Gasteiger partial charge >= 0.3 is 6.09 Å². The van der Waals surface area contributed by atoms with Crippen molar-refractivity contribution in [1.82, 2.24) is 10.2 Å². The monoisotopic (exact) mass is 560 g/mol. The highest BCUT2D eigenvalue weighted by molar-refractivity contribution is 5.77. The molecule has 0 saturated heterocycles. The molecule has 8 nitrogen and oxygen atoms in total. The number of hydrogen-bond donors (Lipinski definition) is 4. The average Bonchev–Trinajstić information content (AvgIpc) is 3.26. The van der Waals surface area contributed by atoms with Crippen molar-refractivity contribution in [3.8, 4) is 5.75 Å². The molecule has 4 atom stereocenters. The summed E-state index contributed by atoms with van der Waals surface area (Å²) >= 11 is 0. The quantitative estimate of drug-likeness (QED) is 0.287. The van der Waals surface area contributed by atoms with Gasteiger partial charge in [0.25, 0.3) is 0 Å². The predicted molar refractivity (Wildman–Crippen MR) is 156 cm³/mol. The first kappa shape index (κ1) is 30.1. The van der Waals surface area contributed by atoms with Crippen LogP contribution in [0.4, 0.5) is 4.79 Å². The highest BCUT2D eigenvalue weighted by Gasteiger charge is 2.38. The summed E-state index contributed by atoms with van der Waals surface area (Å²) in [5.74, 6) is -0.0833. The highest BCUT2D eigenvalue weighted by Crippen LogP contribution is 2.37. The number of nitrogens with one attached hydrogen (secondary N) is 1. The SMILES string of the molecule is CC(C)(C)OC(=O)N[C@@H](Cc1ccc(O)cc1)[C@@H](O)CCC(=O)N(Cc1ccccc1)[C@H]1c2ccccc2C[C@H]1O. The summed E-state index contributed by atoms with van der Waals surface area (Å²) in [4.78, 5) is 28.1. The second kappa shape index (κ2) is 13.2. The van der Waals surface area contributed by atoms with E-state index in [1.54, 1.807) is 49.9 Å². The number of benzene rings is 3. The van der Waals surface area contributed by atoms with E-state index in [2.05, 4.69) is 5.32 Å². The van der Waals surface area contributed by atoms with Crippen LogP contribution in [0, 0.1) is 0 Å². The number of aliphatic hydroxyl groups excluding tert-OH is 2. The summed E-state index contributed by atoms with van der Waals surface area (Å²) in [6.45, 7) is 5.59. The van der Waals surface area contributed by atoms with Gasteiger partial charge in [-0.05, 0) is 68.0 Å². The van der Waals surface area contributed by atoms with E-state index in [-0.39, 0.29) is 30.9 Å². The van der Waals surface area contributed by atoms with Gasteiger partial charge in [0, 0.05) is 19.4 Å². The van der Waals surface area contributed by atoms with E-state index in [0.717, 1.165) is 22.3 Å². The number of phenols is 1. The van der Waals surface area contributed by atoms with Crippen molar-refractivity contribution in [2.75, 3.05) is 0 Å². The predicted octanol–water partition coefficient (Wildman–Crippen LogP) is 4.66. The highest BCUT2D eigenvalue weighted by atomic mass is 16.6. The molecular formula is C33H40N2O6. The van der Waals surface area contributed by atoms with Crippen LogP contribution in [0.2, 0.25) is 0 Å². The Bertz CT molecular complexity index is 1310. The van der Waals surface area contributed by atoms with Crippen LogP contribution in [0.25, 0.3) is 0 Å². The van der Waals surface area contributed by atoms with E-state index in [9.17, 15) is 24.9 Å². The van der Waals surface area contributed by atoms with Gasteiger partial charge in [0.2, 0.25) is 5.91 Å². The van der Waals surface area contributed by atoms with Gasteiger partial charge in [-0.3, -0.25) is 4.79 Å². The normalized spacial score (nSPS) is 17.8. The molecule has 0 heterocycles. The first-order chi connectivity index (χ1) is 19.5. The van der Waals surface area contributed by atoms with Gasteiger partial charge in [-0.25, -0.2) is 4.79 Å². The molecule has 0 spiro atoms. The number of nitrogens with zero attached hydrogens (tertiary/aromatic N) is 1. The van der Waals surface area contributed by atoms with Gasteiger partial charge in [0.15, 0.2) is 0 Å². The minimum atomic E-state index is -1.06. The van der Waals surface area contributed by atoms with Crippen molar-refractivity contribution in [3.63, 3.8) is 0 Å². The molecule has 0 bridgehead atoms. The second-order valence-corrected chi connectivity index (χ2v) is 11.7. The van der Waals surface area contributed by atoms with Crippen LogP contribution in [0.1, 0.15) is 61.9 Å². The zero-order valence-electron chi connectivity index (χ0n) is 23.9. The molecule has 0 fully saturated rings. The minimum absolute atomic E-state index is 0.0153. The number of amides is 2. The molecule has 218 valence electrons. The Labute approximate surface area is 241 Å². The van der Waals surface area contributed by atoms with Crippen molar-refractivity contribution in [1.29, 1.82) is 0 Å². The molecule has 4 rings (SSSR count). The van der Waals surface area contributed by atoms with Crippen molar-refractivity contribution in [3.05, 3.63) is 101 Å². The van der Waals surface area contributed by atoms with Crippen LogP contribution in [0.15, 0.2) is 78.9 Å². The molecule has 4 N–H and O–H groups in total. The number of carbonyl (C=O) groups is 2. The number of hydrogen-bond acceptors (Lipinski definition) is 6. The first-order valence-electron chi connectivity index (χ1n) is 14.0. The van der Waals surface area contributed by atoms with Crippen molar-refractivity contribution in [2.45, 2.75) is 82.9 Å². The molecule has 0 radical (unpaired) electrons. The molecule has 2 amide bonds. The molecular weight excluding hydrogens is 520 g/mol. The number of aliphatic hydroxyl groups is 2. The largest absolute Gasteiger partial charge is 0.508 e. The Morgan fingerprint density at radius 2 is 1.63 bits per heavy atom. The van der Waals surface area contributed by atoms with Crippen molar-refractivity contribution < 1.29 is 29.6 Å². The maximum Gasteiger partial charge on any atom is 0.407 e. The molecule has 41 heavy (non-hydrogen) atoms. The minimum Gasteiger partial charge on any atom is -0.508 e. The molecule has 3 aromatic carbocycles. The lowest BCUT2D eigenvalue weighted by Crippen LogP contribution is -2.47. The van der Waals surface area contributed by atoms with Gasteiger partial charge in [-0.15, -0.1) is 0 Å². The Kier molecular flexibility index (Phi) is 9.68. The third kappa shape index (κ3) is 8.31. The van der Waals surface area contributed by atoms with Gasteiger partial charge < -0.3 is 30.3 Å². The zero-order chi connectivity index (χ0) is 29.6. The zero-order valence-corrected chi connectivity index (χ0v) is 23.9. The summed E-state index contributed by atoms with van der Waals surface area (Å²) in [5, 5.41) is 34.7. The number of alkyl carbamates (subject to hydrolysis) is 1. The average molecular weight is 561 g/mol. The Balaban J connectivity index is 1.51. The number of carbonyl (C=O) groups excluding carboxylic acids is 2. The van der Waals surface area contributed by atoms with E-state index < -0.39 is 36.0 Å². The van der Waals surface area contributed by atoms with Crippen molar-refractivity contribution in [2.24, 2.45) is 0 Å². The molecule has 1 aliphatic rings. The molecule has 3 aromatic rings. The second-order valence-electron chi connectivity index (χ2n) is 11.7. The fourth-order valence-corrected chi connectivity index (χ4v) is 5.29. The van der Waals surface area contributed by atoms with Crippen LogP contribution in [0.5, 0.6) is 5.75 Å². The van der Waals surface area contributed by atoms with E-state index in [0.29, 0.717) is 13.0 Å². The number of fused-ring (bicyclic) bond motifs is 1. The number of ether oxygens (including phenoxy) is 1. The number of phenolic OH excluding ortho intramolecular Hbond substituents is 1. The maximum atomic E-state index is 13.8. The molecule has 8 heteroatoms. The summed E-state index contributed by atoms with van der Waals surface area (Å²) in [6, 6.07) is 22.7. The molecule has 0 unspecified atom stereocenters. The van der Waals surface area contributed by atoms with Crippen LogP contribution in [-0.2, 0) is 28.9 Å². The smallest absolute Gasteiger partial charge is 0.407 e. The van der Waals surface area contributed by atoms with E-state index in [1.165, 1.54) is 0 Å². The lowest BCUT2D eigenvalue weighted by molar-refractivity contribution is -0.137. The van der Waals surface area contributed by atoms with E-state index in [4.69, 9.17) is 4.74 Å². The molecule has 0 aliphatic heterocycles. The van der Waals surface area contributed by atoms with Gasteiger partial charge in [-0.2, -0.15) is 0 Å². The standard InChI is InChI=1S/C33H40N2O6/c1-33(2,3)41-32(40)34-27(19-22-13-15-25(36)16-14-22)28(37)17-18-30(39)35(21-23-9-5-4-6-10-23)31-26-12-8-7-11-24(26)20-29(31)38/h4-16,27-29,31,36-38H,17-21H2,1-3H3,(H,34,40)/t27-,28-,29+,31-/m0/s1. The third-order valence-electron chi connectivity index (χ3n) is 7.23. The van der Waals surface area contributed by atoms with Gasteiger partial charge in [0.1, 0.15) is 11.4 Å². The van der Waals surface area contributed by atoms with E-state index >= 15 is 0 Å². The summed E-state index contributed by atoms with van der Waals surface area (Å²) in [6.07, 6.45) is -1.61. The van der Waals surface area contributed by atoms with Gasteiger partial charge in [-0.1, -0.05) is 66.7 Å². The van der Waals surface area contributed by atoms with Crippen molar-refractivity contribution >= 4 is 12.0 Å². The lowest BCUT2D eigenvalue weighted by Gasteiger charge is -2.33. The molecule has 0 saturated carbocycles. The number of aromatic hydroxyl groups is 1. The van der Waals surface area contributed by atoms with Crippen LogP contribution < -0.4 is 5.32 Å². The fourth-order valence-electron chi connectivity index (χ4n) is 5.29. The fraction of sp³-hybridized carbons (Fsp3) is 0.394. The van der Waals surface area contributed by atoms with E-state index in [1.807, 2.05) is 54.6 Å². The Morgan fingerprint density at radius 1 is 0.976 bits per heavy atom. The Morgan fingerprint density at radius 3 is 2.32 bits per heavy atom. The maximum absolute atomic E-state index is 13.8.